The number of nitrogens with one attached hydrogen (secondary N) is 2. The number of amides is 2. The lowest BCUT2D eigenvalue weighted by molar-refractivity contribution is -0.136. The lowest BCUT2D eigenvalue weighted by atomic mass is 10.2. The maximum atomic E-state index is 12.1. The van der Waals surface area contributed by atoms with Crippen LogP contribution in [0.1, 0.15) is 46.1 Å². The van der Waals surface area contributed by atoms with Gasteiger partial charge in [0.25, 0.3) is 0 Å². The summed E-state index contributed by atoms with van der Waals surface area (Å²) in [6, 6.07) is 15.9. The zero-order valence-electron chi connectivity index (χ0n) is 19.8. The first kappa shape index (κ1) is 25.9. The zero-order chi connectivity index (χ0) is 25.9. The van der Waals surface area contributed by atoms with Gasteiger partial charge >= 0.3 is 23.8 Å². The first-order chi connectivity index (χ1) is 17.4. The molecule has 0 fully saturated rings. The molecular formula is C26H25N3O7. The Morgan fingerprint density at radius 3 is 1.97 bits per heavy atom. The molecule has 0 aliphatic carbocycles. The Labute approximate surface area is 207 Å². The van der Waals surface area contributed by atoms with Gasteiger partial charge in [0.2, 0.25) is 0 Å². The summed E-state index contributed by atoms with van der Waals surface area (Å²) < 4.78 is 15.4. The normalized spacial score (nSPS) is 10.6. The van der Waals surface area contributed by atoms with Gasteiger partial charge in [-0.25, -0.2) is 9.59 Å². The van der Waals surface area contributed by atoms with Gasteiger partial charge in [0.05, 0.1) is 42.8 Å². The van der Waals surface area contributed by atoms with E-state index in [1.165, 1.54) is 30.5 Å². The van der Waals surface area contributed by atoms with Crippen molar-refractivity contribution >= 4 is 41.3 Å². The lowest BCUT2D eigenvalue weighted by Crippen LogP contribution is -2.34. The van der Waals surface area contributed by atoms with Crippen LogP contribution >= 0.6 is 0 Å². The standard InChI is InChI=1S/C26H25N3O7/c1-3-34-25(32)17-5-9-19(10-6-17)27-15-21-13-14-22(36-21)16-28-23(30)24(31)29-20-11-7-18(8-12-20)26(33)35-4-2/h5-15H,3-4,16H2,1-2H3,(H,28,30)(H,29,31). The van der Waals surface area contributed by atoms with Crippen LogP contribution in [0.4, 0.5) is 11.4 Å². The van der Waals surface area contributed by atoms with Crippen molar-refractivity contribution in [1.82, 2.24) is 5.32 Å². The molecule has 2 aromatic carbocycles. The van der Waals surface area contributed by atoms with E-state index in [4.69, 9.17) is 13.9 Å². The van der Waals surface area contributed by atoms with Crippen molar-refractivity contribution in [3.63, 3.8) is 0 Å². The number of furan rings is 1. The molecule has 186 valence electrons. The summed E-state index contributed by atoms with van der Waals surface area (Å²) in [5, 5.41) is 4.93. The Hall–Kier alpha value is -4.73. The van der Waals surface area contributed by atoms with E-state index in [2.05, 4.69) is 15.6 Å². The molecule has 0 saturated carbocycles. The average Bonchev–Trinajstić information content (AvgIpc) is 3.35. The fourth-order valence-corrected chi connectivity index (χ4v) is 2.93. The Morgan fingerprint density at radius 2 is 1.39 bits per heavy atom. The Kier molecular flexibility index (Phi) is 9.10. The highest BCUT2D eigenvalue weighted by atomic mass is 16.5. The van der Waals surface area contributed by atoms with Crippen molar-refractivity contribution in [2.24, 2.45) is 4.99 Å². The highest BCUT2D eigenvalue weighted by Gasteiger charge is 2.15. The van der Waals surface area contributed by atoms with Crippen molar-refractivity contribution in [3.05, 3.63) is 83.3 Å². The topological polar surface area (TPSA) is 136 Å². The number of ether oxygens (including phenoxy) is 2. The van der Waals surface area contributed by atoms with Crippen LogP contribution in [0.25, 0.3) is 0 Å². The van der Waals surface area contributed by atoms with E-state index in [1.807, 2.05) is 0 Å². The van der Waals surface area contributed by atoms with Crippen LogP contribution in [0.2, 0.25) is 0 Å². The molecular weight excluding hydrogens is 466 g/mol. The first-order valence-corrected chi connectivity index (χ1v) is 11.2. The summed E-state index contributed by atoms with van der Waals surface area (Å²) >= 11 is 0. The number of rotatable bonds is 9. The maximum Gasteiger partial charge on any atom is 0.338 e. The average molecular weight is 492 g/mol. The third-order valence-corrected chi connectivity index (χ3v) is 4.69. The fourth-order valence-electron chi connectivity index (χ4n) is 2.93. The predicted octanol–water partition coefficient (Wildman–Crippen LogP) is 3.64. The van der Waals surface area contributed by atoms with Gasteiger partial charge in [0.15, 0.2) is 0 Å². The van der Waals surface area contributed by atoms with Crippen LogP contribution in [-0.2, 0) is 25.6 Å². The number of hydrogen-bond acceptors (Lipinski definition) is 8. The molecule has 0 aliphatic heterocycles. The molecule has 0 bridgehead atoms. The highest BCUT2D eigenvalue weighted by molar-refractivity contribution is 6.39. The van der Waals surface area contributed by atoms with Crippen LogP contribution in [-0.4, -0.2) is 43.2 Å². The number of nitrogens with zero attached hydrogens (tertiary/aromatic N) is 1. The predicted molar refractivity (Wildman–Crippen MR) is 131 cm³/mol. The largest absolute Gasteiger partial charge is 0.462 e. The van der Waals surface area contributed by atoms with Gasteiger partial charge in [0.1, 0.15) is 11.5 Å². The molecule has 3 aromatic rings. The minimum atomic E-state index is -0.863. The van der Waals surface area contributed by atoms with Gasteiger partial charge in [0, 0.05) is 5.69 Å². The van der Waals surface area contributed by atoms with Gasteiger partial charge in [-0.3, -0.25) is 14.6 Å². The highest BCUT2D eigenvalue weighted by Crippen LogP contribution is 2.15. The molecule has 10 heteroatoms. The molecule has 36 heavy (non-hydrogen) atoms. The van der Waals surface area contributed by atoms with Gasteiger partial charge in [-0.15, -0.1) is 0 Å². The van der Waals surface area contributed by atoms with E-state index >= 15 is 0 Å². The van der Waals surface area contributed by atoms with E-state index < -0.39 is 23.8 Å². The molecule has 0 saturated heterocycles. The SMILES string of the molecule is CCOC(=O)c1ccc(N=Cc2ccc(CNC(=O)C(=O)Nc3ccc(C(=O)OCC)cc3)o2)cc1. The molecule has 1 heterocycles. The van der Waals surface area contributed by atoms with Crippen molar-refractivity contribution in [2.75, 3.05) is 18.5 Å². The fraction of sp³-hybridized carbons (Fsp3) is 0.192. The maximum absolute atomic E-state index is 12.1. The van der Waals surface area contributed by atoms with Crippen LogP contribution < -0.4 is 10.6 Å². The summed E-state index contributed by atoms with van der Waals surface area (Å²) in [7, 11) is 0. The van der Waals surface area contributed by atoms with Gasteiger partial charge in [-0.2, -0.15) is 0 Å². The molecule has 3 rings (SSSR count). The van der Waals surface area contributed by atoms with E-state index in [0.29, 0.717) is 40.6 Å². The third kappa shape index (κ3) is 7.39. The second-order valence-electron chi connectivity index (χ2n) is 7.26. The molecule has 2 N–H and O–H groups in total. The Balaban J connectivity index is 1.48. The van der Waals surface area contributed by atoms with Crippen molar-refractivity contribution in [3.8, 4) is 0 Å². The quantitative estimate of drug-likeness (QED) is 0.265. The number of hydrogen-bond donors (Lipinski definition) is 2. The molecule has 10 nitrogen and oxygen atoms in total. The Morgan fingerprint density at radius 1 is 0.806 bits per heavy atom. The summed E-state index contributed by atoms with van der Waals surface area (Å²) in [4.78, 5) is 51.9. The molecule has 2 amide bonds. The van der Waals surface area contributed by atoms with Gasteiger partial charge < -0.3 is 24.5 Å². The minimum absolute atomic E-state index is 0.00384. The number of esters is 2. The number of aliphatic imine (C=N–C) groups is 1. The molecule has 0 spiro atoms. The molecule has 0 unspecified atom stereocenters. The first-order valence-electron chi connectivity index (χ1n) is 11.2. The Bertz CT molecular complexity index is 1250. The summed E-state index contributed by atoms with van der Waals surface area (Å²) in [5.41, 5.74) is 1.74. The van der Waals surface area contributed by atoms with Crippen LogP contribution in [0, 0.1) is 0 Å². The number of carbonyl (C=O) groups excluding carboxylic acids is 4. The smallest absolute Gasteiger partial charge is 0.338 e. The second-order valence-corrected chi connectivity index (χ2v) is 7.26. The van der Waals surface area contributed by atoms with Crippen molar-refractivity contribution in [1.29, 1.82) is 0 Å². The van der Waals surface area contributed by atoms with Crippen molar-refractivity contribution in [2.45, 2.75) is 20.4 Å². The van der Waals surface area contributed by atoms with Crippen LogP contribution in [0.3, 0.4) is 0 Å². The van der Waals surface area contributed by atoms with E-state index in [0.717, 1.165) is 0 Å². The number of anilines is 1. The third-order valence-electron chi connectivity index (χ3n) is 4.69. The van der Waals surface area contributed by atoms with Gasteiger partial charge in [-0.05, 0) is 74.5 Å². The van der Waals surface area contributed by atoms with Crippen LogP contribution in [0.15, 0.2) is 70.1 Å². The molecule has 1 aromatic heterocycles. The van der Waals surface area contributed by atoms with E-state index in [9.17, 15) is 19.2 Å². The van der Waals surface area contributed by atoms with Gasteiger partial charge in [-0.1, -0.05) is 0 Å². The number of benzene rings is 2. The summed E-state index contributed by atoms with van der Waals surface area (Å²) in [6.45, 7) is 4.00. The van der Waals surface area contributed by atoms with Crippen molar-refractivity contribution < 1.29 is 33.1 Å². The zero-order valence-corrected chi connectivity index (χ0v) is 19.8. The van der Waals surface area contributed by atoms with Crippen LogP contribution in [0.5, 0.6) is 0 Å². The molecule has 0 radical (unpaired) electrons. The molecule has 0 atom stereocenters. The summed E-state index contributed by atoms with van der Waals surface area (Å²) in [6.07, 6.45) is 1.50. The minimum Gasteiger partial charge on any atom is -0.462 e. The number of carbonyl (C=O) groups is 4. The monoisotopic (exact) mass is 491 g/mol. The second kappa shape index (κ2) is 12.7. The van der Waals surface area contributed by atoms with E-state index in [-0.39, 0.29) is 13.2 Å². The lowest BCUT2D eigenvalue weighted by Gasteiger charge is -2.06. The van der Waals surface area contributed by atoms with E-state index in [1.54, 1.807) is 50.2 Å². The summed E-state index contributed by atoms with van der Waals surface area (Å²) in [5.74, 6) is -1.71. The molecule has 0 aliphatic rings.